The normalized spacial score (nSPS) is 11.6. The highest BCUT2D eigenvalue weighted by Crippen LogP contribution is 2.33. The maximum Gasteiger partial charge on any atom is 0.262 e. The van der Waals surface area contributed by atoms with E-state index in [4.69, 9.17) is 61.8 Å². The van der Waals surface area contributed by atoms with E-state index in [0.717, 1.165) is 11.4 Å². The van der Waals surface area contributed by atoms with Gasteiger partial charge in [-0.15, -0.1) is 0 Å². The molecule has 0 fully saturated rings. The molecule has 4 aromatic rings. The average molecular weight is 657 g/mol. The van der Waals surface area contributed by atoms with Crippen molar-refractivity contribution in [3.05, 3.63) is 98.5 Å². The zero-order chi connectivity index (χ0) is 28.3. The Balaban J connectivity index is 0.000000279. The Morgan fingerprint density at radius 3 is 1.95 bits per heavy atom. The highest BCUT2D eigenvalue weighted by molar-refractivity contribution is 8.13. The van der Waals surface area contributed by atoms with Crippen LogP contribution in [-0.4, -0.2) is 33.5 Å². The van der Waals surface area contributed by atoms with E-state index >= 15 is 0 Å². The largest absolute Gasteiger partial charge is 0.495 e. The van der Waals surface area contributed by atoms with Crippen LogP contribution >= 0.6 is 57.1 Å². The molecule has 0 aliphatic heterocycles. The first kappa shape index (κ1) is 30.6. The molecule has 1 aromatic heterocycles. The second kappa shape index (κ2) is 12.5. The van der Waals surface area contributed by atoms with Crippen molar-refractivity contribution in [2.75, 3.05) is 7.11 Å². The molecule has 0 radical (unpaired) electrons. The molecular weight excluding hydrogens is 638 g/mol. The van der Waals surface area contributed by atoms with Crippen molar-refractivity contribution >= 4 is 76.0 Å². The van der Waals surface area contributed by atoms with Crippen LogP contribution < -0.4 is 4.74 Å². The number of aryl methyl sites for hydroxylation is 1. The lowest BCUT2D eigenvalue weighted by Crippen LogP contribution is -2.07. The third kappa shape index (κ3) is 7.35. The molecule has 202 valence electrons. The number of methoxy groups -OCH3 is 1. The molecule has 0 aliphatic rings. The molecular formula is C24H19Cl5N2O5S2. The molecule has 0 spiro atoms. The van der Waals surface area contributed by atoms with E-state index in [0.29, 0.717) is 11.3 Å². The van der Waals surface area contributed by atoms with Crippen LogP contribution in [0.15, 0.2) is 76.9 Å². The van der Waals surface area contributed by atoms with E-state index < -0.39 is 18.9 Å². The number of benzene rings is 3. The molecule has 7 nitrogen and oxygen atoms in total. The first-order valence-corrected chi connectivity index (χ1v) is 15.9. The Labute approximate surface area is 245 Å². The monoisotopic (exact) mass is 654 g/mol. The Morgan fingerprint density at radius 1 is 0.868 bits per heavy atom. The minimum Gasteiger partial charge on any atom is -0.495 e. The van der Waals surface area contributed by atoms with E-state index in [-0.39, 0.29) is 35.6 Å². The topological polar surface area (TPSA) is 95.3 Å². The van der Waals surface area contributed by atoms with Crippen molar-refractivity contribution in [1.29, 1.82) is 0 Å². The van der Waals surface area contributed by atoms with Crippen molar-refractivity contribution in [3.63, 3.8) is 0 Å². The lowest BCUT2D eigenvalue weighted by atomic mass is 10.2. The van der Waals surface area contributed by atoms with Crippen molar-refractivity contribution in [2.24, 2.45) is 0 Å². The number of imidazole rings is 1. The van der Waals surface area contributed by atoms with Gasteiger partial charge in [0, 0.05) is 16.9 Å². The van der Waals surface area contributed by atoms with Gasteiger partial charge in [0.05, 0.1) is 55.6 Å². The van der Waals surface area contributed by atoms with Gasteiger partial charge in [0.2, 0.25) is 0 Å². The van der Waals surface area contributed by atoms with Crippen LogP contribution in [-0.2, 0) is 24.6 Å². The SMILES string of the molecule is COc1cc(CS(=O)(=O)c2cccc(Cl)c2Cl)ccc1-n1cnc(C)c1.O=S(=O)(Cl)c1cccc(Cl)c1Cl. The zero-order valence-electron chi connectivity index (χ0n) is 19.7. The summed E-state index contributed by atoms with van der Waals surface area (Å²) in [5.41, 5.74) is 2.22. The van der Waals surface area contributed by atoms with E-state index in [2.05, 4.69) is 4.98 Å². The quantitative estimate of drug-likeness (QED) is 0.201. The molecule has 4 rings (SSSR count). The molecule has 0 unspecified atom stereocenters. The predicted octanol–water partition coefficient (Wildman–Crippen LogP) is 7.39. The molecule has 0 amide bonds. The molecule has 14 heteroatoms. The molecule has 0 saturated carbocycles. The standard InChI is InChI=1S/C18H16Cl2N2O3S.C6H3Cl3O2S/c1-12-9-22(11-21-12)15-7-6-13(8-16(15)25-2)10-26(23,24)17-5-3-4-14(19)18(17)20;7-4-2-1-3-5(6(4)8)12(9,10)11/h3-9,11H,10H2,1-2H3;1-3H. The van der Waals surface area contributed by atoms with Gasteiger partial charge in [-0.1, -0.05) is 64.6 Å². The van der Waals surface area contributed by atoms with E-state index in [1.165, 1.54) is 31.4 Å². The van der Waals surface area contributed by atoms with Crippen molar-refractivity contribution < 1.29 is 21.6 Å². The van der Waals surface area contributed by atoms with Gasteiger partial charge in [0.1, 0.15) is 10.6 Å². The maximum absolute atomic E-state index is 12.7. The van der Waals surface area contributed by atoms with Crippen molar-refractivity contribution in [1.82, 2.24) is 9.55 Å². The van der Waals surface area contributed by atoms with E-state index in [1.807, 2.05) is 17.7 Å². The fraction of sp³-hybridized carbons (Fsp3) is 0.125. The number of sulfone groups is 1. The summed E-state index contributed by atoms with van der Waals surface area (Å²) >= 11 is 23.1. The van der Waals surface area contributed by atoms with Crippen LogP contribution in [0.5, 0.6) is 5.75 Å². The third-order valence-corrected chi connectivity index (χ3v) is 9.97. The van der Waals surface area contributed by atoms with Crippen LogP contribution in [0.25, 0.3) is 5.69 Å². The molecule has 0 saturated heterocycles. The molecule has 1 heterocycles. The Hall–Kier alpha value is -1.98. The summed E-state index contributed by atoms with van der Waals surface area (Å²) in [6.45, 7) is 1.89. The average Bonchev–Trinajstić information content (AvgIpc) is 3.27. The van der Waals surface area contributed by atoms with Gasteiger partial charge in [0.25, 0.3) is 9.05 Å². The maximum atomic E-state index is 12.7. The highest BCUT2D eigenvalue weighted by Gasteiger charge is 2.21. The summed E-state index contributed by atoms with van der Waals surface area (Å²) in [7, 11) is -0.855. The van der Waals surface area contributed by atoms with Crippen LogP contribution in [0.4, 0.5) is 0 Å². The predicted molar refractivity (Wildman–Crippen MR) is 152 cm³/mol. The second-order valence-electron chi connectivity index (χ2n) is 7.73. The van der Waals surface area contributed by atoms with Gasteiger partial charge >= 0.3 is 0 Å². The van der Waals surface area contributed by atoms with Crippen molar-refractivity contribution in [3.8, 4) is 11.4 Å². The molecule has 38 heavy (non-hydrogen) atoms. The number of aromatic nitrogens is 2. The molecule has 0 aliphatic carbocycles. The lowest BCUT2D eigenvalue weighted by molar-refractivity contribution is 0.412. The fourth-order valence-electron chi connectivity index (χ4n) is 3.27. The third-order valence-electron chi connectivity index (χ3n) is 5.02. The zero-order valence-corrected chi connectivity index (χ0v) is 25.1. The Bertz CT molecular complexity index is 1690. The summed E-state index contributed by atoms with van der Waals surface area (Å²) in [6.07, 6.45) is 3.54. The van der Waals surface area contributed by atoms with E-state index in [9.17, 15) is 16.8 Å². The van der Waals surface area contributed by atoms with Gasteiger partial charge < -0.3 is 9.30 Å². The summed E-state index contributed by atoms with van der Waals surface area (Å²) in [6, 6.07) is 14.0. The summed E-state index contributed by atoms with van der Waals surface area (Å²) in [5.74, 6) is 0.333. The van der Waals surface area contributed by atoms with Crippen LogP contribution in [0.1, 0.15) is 11.3 Å². The first-order chi connectivity index (χ1) is 17.7. The Morgan fingerprint density at radius 2 is 1.45 bits per heavy atom. The van der Waals surface area contributed by atoms with Crippen molar-refractivity contribution in [2.45, 2.75) is 22.5 Å². The van der Waals surface area contributed by atoms with Gasteiger partial charge in [-0.2, -0.15) is 0 Å². The van der Waals surface area contributed by atoms with Crippen LogP contribution in [0.2, 0.25) is 20.1 Å². The highest BCUT2D eigenvalue weighted by atomic mass is 35.7. The fourth-order valence-corrected chi connectivity index (χ4v) is 7.15. The summed E-state index contributed by atoms with van der Waals surface area (Å²) in [4.78, 5) is 4.04. The second-order valence-corrected chi connectivity index (χ2v) is 13.8. The molecule has 0 N–H and O–H groups in total. The smallest absolute Gasteiger partial charge is 0.262 e. The van der Waals surface area contributed by atoms with Crippen LogP contribution in [0, 0.1) is 6.92 Å². The van der Waals surface area contributed by atoms with Gasteiger partial charge in [0.15, 0.2) is 9.84 Å². The lowest BCUT2D eigenvalue weighted by Gasteiger charge is -2.12. The molecule has 3 aromatic carbocycles. The van der Waals surface area contributed by atoms with Gasteiger partial charge in [-0.3, -0.25) is 0 Å². The van der Waals surface area contributed by atoms with Gasteiger partial charge in [-0.25, -0.2) is 21.8 Å². The Kier molecular flexibility index (Phi) is 10.0. The number of nitrogens with zero attached hydrogens (tertiary/aromatic N) is 2. The minimum absolute atomic E-state index is 0.0138. The van der Waals surface area contributed by atoms with E-state index in [1.54, 1.807) is 36.7 Å². The number of halogens is 5. The summed E-state index contributed by atoms with van der Waals surface area (Å²) < 4.78 is 54.4. The van der Waals surface area contributed by atoms with Gasteiger partial charge in [-0.05, 0) is 48.9 Å². The molecule has 0 bridgehead atoms. The van der Waals surface area contributed by atoms with Crippen LogP contribution in [0.3, 0.4) is 0 Å². The molecule has 0 atom stereocenters. The summed E-state index contributed by atoms with van der Waals surface area (Å²) in [5, 5.41) is 0.357. The number of rotatable bonds is 6. The minimum atomic E-state index is -3.80. The first-order valence-electron chi connectivity index (χ1n) is 10.5. The number of hydrogen-bond donors (Lipinski definition) is 0. The number of ether oxygens (including phenoxy) is 1. The number of hydrogen-bond acceptors (Lipinski definition) is 6.